The van der Waals surface area contributed by atoms with E-state index in [-0.39, 0.29) is 29.2 Å². The molecular formula is C23H19F3N6O3. The molecule has 0 saturated heterocycles. The number of benzene rings is 2. The fourth-order valence-electron chi connectivity index (χ4n) is 3.61. The van der Waals surface area contributed by atoms with Gasteiger partial charge in [-0.1, -0.05) is 12.1 Å². The van der Waals surface area contributed by atoms with Crippen molar-refractivity contribution in [3.8, 4) is 11.4 Å². The number of non-ortho nitro benzene ring substituents is 1. The van der Waals surface area contributed by atoms with Crippen LogP contribution in [0.2, 0.25) is 0 Å². The second-order valence-corrected chi connectivity index (χ2v) is 7.78. The fraction of sp³-hybridized carbons (Fsp3) is 0.174. The largest absolute Gasteiger partial charge is 0.416 e. The average molecular weight is 484 g/mol. The number of nitro groups is 1. The molecule has 180 valence electrons. The van der Waals surface area contributed by atoms with Crippen molar-refractivity contribution in [1.82, 2.24) is 24.9 Å². The zero-order valence-corrected chi connectivity index (χ0v) is 18.6. The SMILES string of the molecule is Cc1cc(C)n(-c2ccc(CNC(=O)c3ccn(-c4cccc([N+](=O)[O-])c4)n3)c(C(F)(F)F)c2)n1. The molecule has 0 fully saturated rings. The van der Waals surface area contributed by atoms with Gasteiger partial charge in [0.2, 0.25) is 0 Å². The van der Waals surface area contributed by atoms with E-state index < -0.39 is 22.6 Å². The van der Waals surface area contributed by atoms with Crippen molar-refractivity contribution in [2.24, 2.45) is 0 Å². The molecule has 4 rings (SSSR count). The monoisotopic (exact) mass is 484 g/mol. The van der Waals surface area contributed by atoms with Crippen LogP contribution in [0, 0.1) is 24.0 Å². The fourth-order valence-corrected chi connectivity index (χ4v) is 3.61. The average Bonchev–Trinajstić information content (AvgIpc) is 3.43. The number of aryl methyl sites for hydroxylation is 2. The molecule has 0 aliphatic heterocycles. The lowest BCUT2D eigenvalue weighted by Gasteiger charge is -2.15. The zero-order chi connectivity index (χ0) is 25.3. The minimum Gasteiger partial charge on any atom is -0.347 e. The summed E-state index contributed by atoms with van der Waals surface area (Å²) in [6.07, 6.45) is -3.21. The smallest absolute Gasteiger partial charge is 0.347 e. The molecule has 0 aliphatic carbocycles. The van der Waals surface area contributed by atoms with Crippen LogP contribution in [0.4, 0.5) is 18.9 Å². The van der Waals surface area contributed by atoms with E-state index in [1.807, 2.05) is 0 Å². The number of nitrogens with one attached hydrogen (secondary N) is 1. The third-order valence-corrected chi connectivity index (χ3v) is 5.22. The molecule has 1 amide bonds. The van der Waals surface area contributed by atoms with Crippen LogP contribution in [0.5, 0.6) is 0 Å². The number of aromatic nitrogens is 4. The van der Waals surface area contributed by atoms with Crippen LogP contribution in [-0.4, -0.2) is 30.4 Å². The van der Waals surface area contributed by atoms with Crippen LogP contribution in [0.15, 0.2) is 60.8 Å². The standard InChI is InChI=1S/C23H19F3N6O3/c1-14-10-15(2)31(28-14)18-7-6-16(20(12-18)23(24,25)26)13-27-22(33)21-8-9-30(29-21)17-4-3-5-19(11-17)32(34)35/h3-12H,13H2,1-2H3,(H,27,33). The lowest BCUT2D eigenvalue weighted by atomic mass is 10.1. The van der Waals surface area contributed by atoms with E-state index >= 15 is 0 Å². The van der Waals surface area contributed by atoms with Gasteiger partial charge in [-0.25, -0.2) is 9.36 Å². The van der Waals surface area contributed by atoms with E-state index in [9.17, 15) is 28.1 Å². The van der Waals surface area contributed by atoms with Crippen molar-refractivity contribution in [2.45, 2.75) is 26.6 Å². The van der Waals surface area contributed by atoms with E-state index in [1.165, 1.54) is 52.0 Å². The van der Waals surface area contributed by atoms with Gasteiger partial charge < -0.3 is 5.32 Å². The lowest BCUT2D eigenvalue weighted by Crippen LogP contribution is -2.25. The summed E-state index contributed by atoms with van der Waals surface area (Å²) in [6.45, 7) is 3.11. The predicted molar refractivity (Wildman–Crippen MR) is 119 cm³/mol. The van der Waals surface area contributed by atoms with Gasteiger partial charge in [0.05, 0.1) is 27.6 Å². The van der Waals surface area contributed by atoms with Crippen LogP contribution in [0.25, 0.3) is 11.4 Å². The summed E-state index contributed by atoms with van der Waals surface area (Å²) in [7, 11) is 0. The molecule has 0 bridgehead atoms. The van der Waals surface area contributed by atoms with Gasteiger partial charge in [-0.15, -0.1) is 0 Å². The van der Waals surface area contributed by atoms with Crippen LogP contribution in [-0.2, 0) is 12.7 Å². The summed E-state index contributed by atoms with van der Waals surface area (Å²) in [4.78, 5) is 22.9. The highest BCUT2D eigenvalue weighted by atomic mass is 19.4. The maximum Gasteiger partial charge on any atom is 0.416 e. The number of alkyl halides is 3. The van der Waals surface area contributed by atoms with Crippen molar-refractivity contribution < 1.29 is 22.9 Å². The molecule has 2 aromatic carbocycles. The molecule has 35 heavy (non-hydrogen) atoms. The van der Waals surface area contributed by atoms with Crippen LogP contribution < -0.4 is 5.32 Å². The Balaban J connectivity index is 1.53. The van der Waals surface area contributed by atoms with Crippen molar-refractivity contribution in [3.05, 3.63) is 99.1 Å². The van der Waals surface area contributed by atoms with Crippen molar-refractivity contribution >= 4 is 11.6 Å². The Bertz CT molecular complexity index is 1420. The maximum absolute atomic E-state index is 13.8. The molecule has 0 aliphatic rings. The number of carbonyl (C=O) groups excluding carboxylic acids is 1. The topological polar surface area (TPSA) is 108 Å². The van der Waals surface area contributed by atoms with Crippen LogP contribution >= 0.6 is 0 Å². The number of amides is 1. The Morgan fingerprint density at radius 3 is 2.49 bits per heavy atom. The quantitative estimate of drug-likeness (QED) is 0.320. The zero-order valence-electron chi connectivity index (χ0n) is 18.6. The first-order chi connectivity index (χ1) is 16.5. The molecule has 1 N–H and O–H groups in total. The molecule has 0 spiro atoms. The Labute approximate surface area is 197 Å². The second-order valence-electron chi connectivity index (χ2n) is 7.78. The number of hydrogen-bond acceptors (Lipinski definition) is 5. The second kappa shape index (κ2) is 9.05. The normalized spacial score (nSPS) is 11.5. The molecule has 9 nitrogen and oxygen atoms in total. The maximum atomic E-state index is 13.8. The summed E-state index contributed by atoms with van der Waals surface area (Å²) < 4.78 is 44.0. The highest BCUT2D eigenvalue weighted by Gasteiger charge is 2.34. The van der Waals surface area contributed by atoms with Crippen LogP contribution in [0.1, 0.15) is 33.0 Å². The van der Waals surface area contributed by atoms with Gasteiger partial charge in [-0.3, -0.25) is 14.9 Å². The van der Waals surface area contributed by atoms with Gasteiger partial charge in [-0.05, 0) is 49.7 Å². The van der Waals surface area contributed by atoms with Gasteiger partial charge >= 0.3 is 6.18 Å². The molecule has 0 saturated carbocycles. The minimum absolute atomic E-state index is 0.0515. The molecular weight excluding hydrogens is 465 g/mol. The van der Waals surface area contributed by atoms with Gasteiger partial charge in [0.15, 0.2) is 5.69 Å². The van der Waals surface area contributed by atoms with Crippen molar-refractivity contribution in [1.29, 1.82) is 0 Å². The highest BCUT2D eigenvalue weighted by molar-refractivity contribution is 5.92. The van der Waals surface area contributed by atoms with Gasteiger partial charge in [0, 0.05) is 30.6 Å². The van der Waals surface area contributed by atoms with E-state index in [0.717, 1.165) is 6.07 Å². The van der Waals surface area contributed by atoms with Gasteiger partial charge in [0.1, 0.15) is 0 Å². The number of nitrogens with zero attached hydrogens (tertiary/aromatic N) is 5. The number of rotatable bonds is 6. The summed E-state index contributed by atoms with van der Waals surface area (Å²) in [6, 6.07) is 12.6. The summed E-state index contributed by atoms with van der Waals surface area (Å²) in [5.41, 5.74) is 0.787. The lowest BCUT2D eigenvalue weighted by molar-refractivity contribution is -0.384. The Morgan fingerprint density at radius 2 is 1.83 bits per heavy atom. The van der Waals surface area contributed by atoms with Gasteiger partial charge in [0.25, 0.3) is 11.6 Å². The Morgan fingerprint density at radius 1 is 1.06 bits per heavy atom. The molecule has 2 heterocycles. The molecule has 12 heteroatoms. The number of halogens is 3. The van der Waals surface area contributed by atoms with E-state index in [1.54, 1.807) is 26.0 Å². The number of carbonyl (C=O) groups is 1. The summed E-state index contributed by atoms with van der Waals surface area (Å²) >= 11 is 0. The minimum atomic E-state index is -4.64. The Kier molecular flexibility index (Phi) is 6.12. The Hall–Kier alpha value is -4.48. The highest BCUT2D eigenvalue weighted by Crippen LogP contribution is 2.33. The van der Waals surface area contributed by atoms with E-state index in [2.05, 4.69) is 15.5 Å². The van der Waals surface area contributed by atoms with Crippen molar-refractivity contribution in [3.63, 3.8) is 0 Å². The third kappa shape index (κ3) is 5.05. The molecule has 0 atom stereocenters. The van der Waals surface area contributed by atoms with E-state index in [0.29, 0.717) is 17.1 Å². The molecule has 0 unspecified atom stereocenters. The molecule has 4 aromatic rings. The number of nitro benzene ring substituents is 1. The first-order valence-electron chi connectivity index (χ1n) is 10.4. The van der Waals surface area contributed by atoms with Gasteiger partial charge in [-0.2, -0.15) is 23.4 Å². The third-order valence-electron chi connectivity index (χ3n) is 5.22. The van der Waals surface area contributed by atoms with Crippen LogP contribution in [0.3, 0.4) is 0 Å². The summed E-state index contributed by atoms with van der Waals surface area (Å²) in [5.74, 6) is -0.690. The number of hydrogen-bond donors (Lipinski definition) is 1. The predicted octanol–water partition coefficient (Wildman–Crippen LogP) is 4.53. The molecule has 0 radical (unpaired) electrons. The van der Waals surface area contributed by atoms with Crippen molar-refractivity contribution in [2.75, 3.05) is 0 Å². The first-order valence-corrected chi connectivity index (χ1v) is 10.4. The van der Waals surface area contributed by atoms with E-state index in [4.69, 9.17) is 0 Å². The summed E-state index contributed by atoms with van der Waals surface area (Å²) in [5, 5.41) is 21.7. The first kappa shape index (κ1) is 23.7. The molecule has 2 aromatic heterocycles.